The Morgan fingerprint density at radius 1 is 1.15 bits per heavy atom. The van der Waals surface area contributed by atoms with Crippen molar-refractivity contribution in [3.63, 3.8) is 0 Å². The van der Waals surface area contributed by atoms with E-state index in [9.17, 15) is 9.18 Å². The van der Waals surface area contributed by atoms with E-state index in [0.29, 0.717) is 32.6 Å². The van der Waals surface area contributed by atoms with Crippen LogP contribution in [-0.4, -0.2) is 53.5 Å². The van der Waals surface area contributed by atoms with Crippen LogP contribution in [0.1, 0.15) is 5.69 Å². The van der Waals surface area contributed by atoms with Crippen LogP contribution < -0.4 is 9.64 Å². The van der Waals surface area contributed by atoms with Crippen LogP contribution in [-0.2, 0) is 11.2 Å². The number of carbonyl (C=O) groups excluding carboxylic acids is 1. The van der Waals surface area contributed by atoms with E-state index in [2.05, 4.69) is 4.90 Å². The van der Waals surface area contributed by atoms with E-state index in [1.165, 1.54) is 17.4 Å². The van der Waals surface area contributed by atoms with Gasteiger partial charge < -0.3 is 14.5 Å². The van der Waals surface area contributed by atoms with Crippen molar-refractivity contribution >= 4 is 39.5 Å². The number of nitrogens with zero attached hydrogens (tertiary/aromatic N) is 4. The number of piperazine rings is 1. The molecule has 1 saturated heterocycles. The monoisotopic (exact) mass is 484 g/mol. The maximum absolute atomic E-state index is 13.4. The molecule has 170 valence electrons. The number of anilines is 1. The maximum atomic E-state index is 13.4. The van der Waals surface area contributed by atoms with Crippen molar-refractivity contribution in [3.05, 3.63) is 70.6 Å². The maximum Gasteiger partial charge on any atom is 0.228 e. The standard InChI is InChI=1S/C24H22ClFN4O2S/c1-32-19-5-2-16(3-6-19)22-14-30-18(15-33-24(30)27-22)13-23(31)29-10-8-28(9-11-29)17-4-7-21(26)20(25)12-17/h2-7,12,14-15H,8-11,13H2,1H3. The van der Waals surface area contributed by atoms with Gasteiger partial charge in [0.2, 0.25) is 5.91 Å². The molecule has 2 aromatic carbocycles. The van der Waals surface area contributed by atoms with Gasteiger partial charge in [-0.1, -0.05) is 11.6 Å². The second kappa shape index (κ2) is 9.03. The van der Waals surface area contributed by atoms with Crippen molar-refractivity contribution in [3.8, 4) is 17.0 Å². The smallest absolute Gasteiger partial charge is 0.228 e. The SMILES string of the molecule is COc1ccc(-c2cn3c(CC(=O)N4CCN(c5ccc(F)c(Cl)c5)CC4)csc3n2)cc1. The third-order valence-electron chi connectivity index (χ3n) is 5.90. The molecule has 0 aliphatic carbocycles. The number of imidazole rings is 1. The van der Waals surface area contributed by atoms with Crippen molar-refractivity contribution in [2.75, 3.05) is 38.2 Å². The molecule has 0 spiro atoms. The van der Waals surface area contributed by atoms with Gasteiger partial charge in [0, 0.05) is 54.7 Å². The van der Waals surface area contributed by atoms with Crippen LogP contribution in [0.2, 0.25) is 5.02 Å². The molecule has 1 fully saturated rings. The number of ether oxygens (including phenoxy) is 1. The minimum Gasteiger partial charge on any atom is -0.497 e. The molecule has 2 aromatic heterocycles. The van der Waals surface area contributed by atoms with Crippen molar-refractivity contribution in [1.82, 2.24) is 14.3 Å². The van der Waals surface area contributed by atoms with Crippen molar-refractivity contribution in [2.24, 2.45) is 0 Å². The minimum absolute atomic E-state index is 0.0891. The fraction of sp³-hybridized carbons (Fsp3) is 0.250. The summed E-state index contributed by atoms with van der Waals surface area (Å²) in [7, 11) is 1.64. The van der Waals surface area contributed by atoms with Gasteiger partial charge in [0.05, 0.1) is 24.2 Å². The quantitative estimate of drug-likeness (QED) is 0.410. The lowest BCUT2D eigenvalue weighted by Crippen LogP contribution is -2.49. The number of halogens is 2. The van der Waals surface area contributed by atoms with Crippen LogP contribution >= 0.6 is 22.9 Å². The Morgan fingerprint density at radius 3 is 2.61 bits per heavy atom. The molecular weight excluding hydrogens is 463 g/mol. The second-order valence-corrected chi connectivity index (χ2v) is 9.12. The van der Waals surface area contributed by atoms with Gasteiger partial charge in [-0.3, -0.25) is 9.20 Å². The Labute approximate surface area is 199 Å². The molecule has 0 N–H and O–H groups in total. The Morgan fingerprint density at radius 2 is 1.91 bits per heavy atom. The van der Waals surface area contributed by atoms with E-state index in [1.54, 1.807) is 19.2 Å². The van der Waals surface area contributed by atoms with Crippen LogP contribution in [0.5, 0.6) is 5.75 Å². The van der Waals surface area contributed by atoms with E-state index in [0.717, 1.165) is 33.3 Å². The zero-order valence-corrected chi connectivity index (χ0v) is 19.6. The van der Waals surface area contributed by atoms with E-state index in [-0.39, 0.29) is 10.9 Å². The highest BCUT2D eigenvalue weighted by molar-refractivity contribution is 7.15. The molecule has 1 aliphatic rings. The first-order valence-electron chi connectivity index (χ1n) is 10.6. The molecule has 9 heteroatoms. The van der Waals surface area contributed by atoms with Gasteiger partial charge in [-0.05, 0) is 42.5 Å². The van der Waals surface area contributed by atoms with E-state index >= 15 is 0 Å². The number of amides is 1. The van der Waals surface area contributed by atoms with Crippen molar-refractivity contribution < 1.29 is 13.9 Å². The van der Waals surface area contributed by atoms with Gasteiger partial charge in [-0.2, -0.15) is 0 Å². The number of thiazole rings is 1. The molecule has 3 heterocycles. The topological polar surface area (TPSA) is 50.1 Å². The van der Waals surface area contributed by atoms with E-state index in [4.69, 9.17) is 21.3 Å². The molecule has 5 rings (SSSR count). The fourth-order valence-corrected chi connectivity index (χ4v) is 5.07. The molecule has 1 aliphatic heterocycles. The molecule has 0 saturated carbocycles. The Bertz CT molecular complexity index is 1300. The van der Waals surface area contributed by atoms with Crippen LogP contribution in [0.15, 0.2) is 54.0 Å². The molecule has 6 nitrogen and oxygen atoms in total. The first-order valence-corrected chi connectivity index (χ1v) is 11.9. The molecule has 33 heavy (non-hydrogen) atoms. The third kappa shape index (κ3) is 4.41. The number of hydrogen-bond acceptors (Lipinski definition) is 5. The average Bonchev–Trinajstić information content (AvgIpc) is 3.43. The molecular formula is C24H22ClFN4O2S. The van der Waals surface area contributed by atoms with Crippen LogP contribution in [0.4, 0.5) is 10.1 Å². The molecule has 0 bridgehead atoms. The first kappa shape index (κ1) is 21.7. The highest BCUT2D eigenvalue weighted by atomic mass is 35.5. The summed E-state index contributed by atoms with van der Waals surface area (Å²) in [6.07, 6.45) is 2.30. The molecule has 4 aromatic rings. The Kier molecular flexibility index (Phi) is 5.95. The summed E-state index contributed by atoms with van der Waals surface area (Å²) < 4.78 is 20.7. The zero-order valence-electron chi connectivity index (χ0n) is 18.0. The van der Waals surface area contributed by atoms with Gasteiger partial charge >= 0.3 is 0 Å². The normalized spacial score (nSPS) is 14.2. The summed E-state index contributed by atoms with van der Waals surface area (Å²) in [4.78, 5) is 22.6. The minimum atomic E-state index is -0.425. The Hall–Kier alpha value is -3.10. The molecule has 1 amide bonds. The predicted molar refractivity (Wildman–Crippen MR) is 129 cm³/mol. The summed E-state index contributed by atoms with van der Waals surface area (Å²) in [6.45, 7) is 2.59. The molecule has 0 radical (unpaired) electrons. The highest BCUT2D eigenvalue weighted by Gasteiger charge is 2.23. The lowest BCUT2D eigenvalue weighted by molar-refractivity contribution is -0.130. The number of methoxy groups -OCH3 is 1. The molecule has 0 unspecified atom stereocenters. The van der Waals surface area contributed by atoms with Crippen LogP contribution in [0.3, 0.4) is 0 Å². The van der Waals surface area contributed by atoms with E-state index < -0.39 is 5.82 Å². The number of hydrogen-bond donors (Lipinski definition) is 0. The number of carbonyl (C=O) groups is 1. The number of fused-ring (bicyclic) bond motifs is 1. The number of rotatable bonds is 5. The highest BCUT2D eigenvalue weighted by Crippen LogP contribution is 2.27. The largest absolute Gasteiger partial charge is 0.497 e. The van der Waals surface area contributed by atoms with Gasteiger partial charge in [-0.15, -0.1) is 11.3 Å². The lowest BCUT2D eigenvalue weighted by atomic mass is 10.1. The third-order valence-corrected chi connectivity index (χ3v) is 7.08. The van der Waals surface area contributed by atoms with E-state index in [1.807, 2.05) is 45.1 Å². The zero-order chi connectivity index (χ0) is 22.9. The average molecular weight is 485 g/mol. The van der Waals surface area contributed by atoms with Crippen LogP contribution in [0, 0.1) is 5.82 Å². The van der Waals surface area contributed by atoms with Gasteiger partial charge in [0.25, 0.3) is 0 Å². The fourth-order valence-electron chi connectivity index (χ4n) is 4.02. The number of benzene rings is 2. The summed E-state index contributed by atoms with van der Waals surface area (Å²) in [5, 5.41) is 2.11. The number of aromatic nitrogens is 2. The summed E-state index contributed by atoms with van der Waals surface area (Å²) in [5.41, 5.74) is 3.67. The summed E-state index contributed by atoms with van der Waals surface area (Å²) >= 11 is 7.45. The second-order valence-electron chi connectivity index (χ2n) is 7.88. The summed E-state index contributed by atoms with van der Waals surface area (Å²) in [5.74, 6) is 0.464. The van der Waals surface area contributed by atoms with Gasteiger partial charge in [0.15, 0.2) is 4.96 Å². The lowest BCUT2D eigenvalue weighted by Gasteiger charge is -2.36. The summed E-state index contributed by atoms with van der Waals surface area (Å²) in [6, 6.07) is 12.5. The van der Waals surface area contributed by atoms with Crippen molar-refractivity contribution in [1.29, 1.82) is 0 Å². The first-order chi connectivity index (χ1) is 16.0. The van der Waals surface area contributed by atoms with Gasteiger partial charge in [0.1, 0.15) is 11.6 Å². The predicted octanol–water partition coefficient (Wildman–Crippen LogP) is 4.76. The van der Waals surface area contributed by atoms with Crippen LogP contribution in [0.25, 0.3) is 16.2 Å². The Balaban J connectivity index is 1.25. The van der Waals surface area contributed by atoms with Gasteiger partial charge in [-0.25, -0.2) is 9.37 Å². The molecule has 0 atom stereocenters. The van der Waals surface area contributed by atoms with Crippen molar-refractivity contribution in [2.45, 2.75) is 6.42 Å².